The third kappa shape index (κ3) is 1.66. The first kappa shape index (κ1) is 10.9. The Balaban J connectivity index is 1.71. The van der Waals surface area contributed by atoms with Gasteiger partial charge >= 0.3 is 0 Å². The third-order valence-electron chi connectivity index (χ3n) is 3.96. The predicted octanol–water partition coefficient (Wildman–Crippen LogP) is 2.69. The molecule has 0 aromatic carbocycles. The largest absolute Gasteiger partial charge is 0.371 e. The van der Waals surface area contributed by atoms with E-state index in [0.29, 0.717) is 5.92 Å². The molecule has 0 amide bonds. The Hall–Kier alpha value is -1.01. The molecule has 0 spiro atoms. The Morgan fingerprint density at radius 1 is 1.11 bits per heavy atom. The Morgan fingerprint density at radius 3 is 2.78 bits per heavy atom. The van der Waals surface area contributed by atoms with E-state index in [4.69, 9.17) is 4.74 Å². The summed E-state index contributed by atoms with van der Waals surface area (Å²) in [7, 11) is 0. The van der Waals surface area contributed by atoms with Crippen molar-refractivity contribution in [2.24, 2.45) is 0 Å². The van der Waals surface area contributed by atoms with Crippen LogP contribution in [-0.4, -0.2) is 26.4 Å². The van der Waals surface area contributed by atoms with Gasteiger partial charge < -0.3 is 4.74 Å². The first-order chi connectivity index (χ1) is 8.92. The molecule has 1 aliphatic carbocycles. The van der Waals surface area contributed by atoms with E-state index in [1.165, 1.54) is 25.7 Å². The molecule has 0 bridgehead atoms. The lowest BCUT2D eigenvalue weighted by molar-refractivity contribution is 0.111. The quantitative estimate of drug-likeness (QED) is 0.837. The number of fused-ring (bicyclic) bond motifs is 1. The van der Waals surface area contributed by atoms with Gasteiger partial charge in [-0.05, 0) is 25.7 Å². The van der Waals surface area contributed by atoms with E-state index < -0.39 is 0 Å². The van der Waals surface area contributed by atoms with Crippen molar-refractivity contribution in [3.05, 3.63) is 10.8 Å². The highest BCUT2D eigenvalue weighted by Gasteiger charge is 2.27. The van der Waals surface area contributed by atoms with E-state index in [0.717, 1.165) is 35.2 Å². The molecule has 3 heterocycles. The molecule has 96 valence electrons. The molecule has 1 aliphatic heterocycles. The summed E-state index contributed by atoms with van der Waals surface area (Å²) in [5.74, 6) is 1.61. The fourth-order valence-corrected chi connectivity index (χ4v) is 3.92. The van der Waals surface area contributed by atoms with Crippen molar-refractivity contribution in [3.8, 4) is 0 Å². The fourth-order valence-electron chi connectivity index (χ4n) is 2.99. The zero-order valence-corrected chi connectivity index (χ0v) is 11.0. The average molecular weight is 264 g/mol. The summed E-state index contributed by atoms with van der Waals surface area (Å²) in [6.07, 6.45) is 7.49. The molecule has 1 unspecified atom stereocenters. The number of hydrogen-bond donors (Lipinski definition) is 0. The summed E-state index contributed by atoms with van der Waals surface area (Å²) < 4.78 is 7.65. The van der Waals surface area contributed by atoms with Crippen LogP contribution < -0.4 is 0 Å². The highest BCUT2D eigenvalue weighted by Crippen LogP contribution is 2.35. The molecule has 1 saturated heterocycles. The van der Waals surface area contributed by atoms with Crippen molar-refractivity contribution in [2.75, 3.05) is 6.61 Å². The highest BCUT2D eigenvalue weighted by atomic mass is 32.1. The molecule has 4 rings (SSSR count). The third-order valence-corrected chi connectivity index (χ3v) is 4.95. The topological polar surface area (TPSA) is 52.3 Å². The molecule has 0 N–H and O–H groups in total. The minimum absolute atomic E-state index is 0.188. The minimum Gasteiger partial charge on any atom is -0.371 e. The number of rotatable bonds is 2. The molecule has 2 aromatic rings. The first-order valence-electron chi connectivity index (χ1n) is 6.75. The second-order valence-corrected chi connectivity index (χ2v) is 6.16. The lowest BCUT2D eigenvalue weighted by Gasteiger charge is -2.05. The molecule has 2 aromatic heterocycles. The van der Waals surface area contributed by atoms with E-state index in [1.54, 1.807) is 11.3 Å². The van der Waals surface area contributed by atoms with E-state index >= 15 is 0 Å². The van der Waals surface area contributed by atoms with Gasteiger partial charge in [-0.2, -0.15) is 9.61 Å². The Bertz CT molecular complexity index is 551. The molecule has 1 atom stereocenters. The van der Waals surface area contributed by atoms with Gasteiger partial charge in [0.1, 0.15) is 11.1 Å². The van der Waals surface area contributed by atoms with Crippen LogP contribution in [0.15, 0.2) is 0 Å². The molecule has 18 heavy (non-hydrogen) atoms. The molecular weight excluding hydrogens is 248 g/mol. The van der Waals surface area contributed by atoms with Gasteiger partial charge in [-0.3, -0.25) is 0 Å². The minimum atomic E-state index is 0.188. The summed E-state index contributed by atoms with van der Waals surface area (Å²) in [4.78, 5) is 0.919. The number of ether oxygens (including phenoxy) is 1. The van der Waals surface area contributed by atoms with Gasteiger partial charge in [0.2, 0.25) is 4.96 Å². The van der Waals surface area contributed by atoms with Crippen LogP contribution in [0.1, 0.15) is 61.4 Å². The van der Waals surface area contributed by atoms with Gasteiger partial charge in [0, 0.05) is 12.5 Å². The molecule has 5 nitrogen and oxygen atoms in total. The fraction of sp³-hybridized carbons (Fsp3) is 0.750. The van der Waals surface area contributed by atoms with Gasteiger partial charge in [0.05, 0.1) is 0 Å². The Labute approximate surface area is 109 Å². The maximum Gasteiger partial charge on any atom is 0.234 e. The van der Waals surface area contributed by atoms with Crippen molar-refractivity contribution in [3.63, 3.8) is 0 Å². The number of hydrogen-bond acceptors (Lipinski definition) is 5. The van der Waals surface area contributed by atoms with Crippen LogP contribution >= 0.6 is 11.3 Å². The summed E-state index contributed by atoms with van der Waals surface area (Å²) >= 11 is 1.63. The highest BCUT2D eigenvalue weighted by molar-refractivity contribution is 7.16. The van der Waals surface area contributed by atoms with E-state index in [2.05, 4.69) is 15.3 Å². The van der Waals surface area contributed by atoms with Crippen LogP contribution in [0.5, 0.6) is 0 Å². The maximum atomic E-state index is 5.69. The molecule has 2 fully saturated rings. The standard InChI is InChI=1S/C12H16N4OS/c1-2-5-8(4-1)10-13-14-12-16(10)15-11(18-12)9-6-3-7-17-9/h8-9H,1-7H2. The predicted molar refractivity (Wildman–Crippen MR) is 67.8 cm³/mol. The summed E-state index contributed by atoms with van der Waals surface area (Å²) in [5, 5.41) is 14.3. The van der Waals surface area contributed by atoms with Gasteiger partial charge in [-0.1, -0.05) is 24.2 Å². The van der Waals surface area contributed by atoms with Crippen LogP contribution in [0, 0.1) is 0 Å². The second kappa shape index (κ2) is 4.28. The van der Waals surface area contributed by atoms with Crippen molar-refractivity contribution in [1.82, 2.24) is 19.8 Å². The first-order valence-corrected chi connectivity index (χ1v) is 7.57. The van der Waals surface area contributed by atoms with Crippen LogP contribution in [0.2, 0.25) is 0 Å². The Morgan fingerprint density at radius 2 is 2.00 bits per heavy atom. The average Bonchev–Trinajstić information content (AvgIpc) is 3.13. The van der Waals surface area contributed by atoms with Crippen molar-refractivity contribution >= 4 is 16.3 Å². The zero-order chi connectivity index (χ0) is 11.9. The van der Waals surface area contributed by atoms with Crippen molar-refractivity contribution in [2.45, 2.75) is 50.5 Å². The van der Waals surface area contributed by atoms with Gasteiger partial charge in [0.15, 0.2) is 5.82 Å². The van der Waals surface area contributed by atoms with Gasteiger partial charge in [0.25, 0.3) is 0 Å². The molecule has 1 saturated carbocycles. The molecule has 2 aliphatic rings. The Kier molecular flexibility index (Phi) is 2.58. The van der Waals surface area contributed by atoms with Crippen LogP contribution in [-0.2, 0) is 4.74 Å². The monoisotopic (exact) mass is 264 g/mol. The van der Waals surface area contributed by atoms with Crippen molar-refractivity contribution < 1.29 is 4.74 Å². The molecule has 6 heteroatoms. The molecule has 0 radical (unpaired) electrons. The van der Waals surface area contributed by atoms with Crippen LogP contribution in [0.25, 0.3) is 4.96 Å². The van der Waals surface area contributed by atoms with E-state index in [1.807, 2.05) is 4.52 Å². The number of nitrogens with zero attached hydrogens (tertiary/aromatic N) is 4. The smallest absolute Gasteiger partial charge is 0.234 e. The van der Waals surface area contributed by atoms with Crippen LogP contribution in [0.3, 0.4) is 0 Å². The molecular formula is C12H16N4OS. The summed E-state index contributed by atoms with van der Waals surface area (Å²) in [5.41, 5.74) is 0. The van der Waals surface area contributed by atoms with Gasteiger partial charge in [-0.25, -0.2) is 0 Å². The van der Waals surface area contributed by atoms with E-state index in [-0.39, 0.29) is 6.10 Å². The maximum absolute atomic E-state index is 5.69. The summed E-state index contributed by atoms with van der Waals surface area (Å²) in [6, 6.07) is 0. The van der Waals surface area contributed by atoms with Crippen molar-refractivity contribution in [1.29, 1.82) is 0 Å². The summed E-state index contributed by atoms with van der Waals surface area (Å²) in [6.45, 7) is 0.861. The lowest BCUT2D eigenvalue weighted by atomic mass is 10.1. The normalized spacial score (nSPS) is 25.4. The van der Waals surface area contributed by atoms with Crippen LogP contribution in [0.4, 0.5) is 0 Å². The van der Waals surface area contributed by atoms with E-state index in [9.17, 15) is 0 Å². The van der Waals surface area contributed by atoms with Gasteiger partial charge in [-0.15, -0.1) is 10.2 Å². The number of aromatic nitrogens is 4. The second-order valence-electron chi connectivity index (χ2n) is 5.18. The lowest BCUT2D eigenvalue weighted by Crippen LogP contribution is -2.03. The zero-order valence-electron chi connectivity index (χ0n) is 10.2. The SMILES string of the molecule is C1CCC(c2nnc3sc(C4CCCO4)nn23)C1.